The highest BCUT2D eigenvalue weighted by Crippen LogP contribution is 2.36. The summed E-state index contributed by atoms with van der Waals surface area (Å²) >= 11 is 13.1. The zero-order valence-corrected chi connectivity index (χ0v) is 20.4. The molecule has 0 saturated carbocycles. The fourth-order valence-corrected chi connectivity index (χ4v) is 5.37. The van der Waals surface area contributed by atoms with E-state index in [1.165, 1.54) is 11.6 Å². The Morgan fingerprint density at radius 3 is 2.85 bits per heavy atom. The molecule has 1 saturated heterocycles. The molecule has 0 radical (unpaired) electrons. The molecule has 1 aromatic carbocycles. The third kappa shape index (κ3) is 5.56. The van der Waals surface area contributed by atoms with Gasteiger partial charge in [-0.25, -0.2) is 4.39 Å². The molecule has 1 amide bonds. The van der Waals surface area contributed by atoms with Gasteiger partial charge in [-0.3, -0.25) is 9.89 Å². The molecule has 2 atom stereocenters. The van der Waals surface area contributed by atoms with Gasteiger partial charge in [-0.05, 0) is 60.9 Å². The standard InChI is InChI=1S/C26H28Cl2FN3O2/c1-2-4-17(5-3-9-29)16-34-21-13-23(27)22(24(28)14-21)12-18-8-10-32(26(18)33)20-6-7-25-19(11-20)15-30-31-25/h2-5,13-15,18,20H,1,6-12,16H2,(H,30,31)/b5-3-,17-4+. The minimum absolute atomic E-state index is 0.138. The van der Waals surface area contributed by atoms with Crippen molar-refractivity contribution in [1.82, 2.24) is 15.1 Å². The van der Waals surface area contributed by atoms with Crippen LogP contribution < -0.4 is 4.74 Å². The molecule has 5 nitrogen and oxygen atoms in total. The fourth-order valence-electron chi connectivity index (χ4n) is 4.75. The third-order valence-electron chi connectivity index (χ3n) is 6.49. The number of rotatable bonds is 9. The van der Waals surface area contributed by atoms with Gasteiger partial charge in [0.1, 0.15) is 19.0 Å². The van der Waals surface area contributed by atoms with Crippen LogP contribution in [-0.2, 0) is 24.1 Å². The van der Waals surface area contributed by atoms with Crippen LogP contribution >= 0.6 is 23.2 Å². The second kappa shape index (κ2) is 11.2. The molecule has 2 aromatic rings. The molecule has 1 N–H and O–H groups in total. The van der Waals surface area contributed by atoms with E-state index in [0.717, 1.165) is 49.1 Å². The number of aryl methyl sites for hydroxylation is 1. The molecule has 4 rings (SSSR count). The number of amides is 1. The molecule has 8 heteroatoms. The minimum atomic E-state index is -0.552. The van der Waals surface area contributed by atoms with Crippen LogP contribution in [0.4, 0.5) is 4.39 Å². The Balaban J connectivity index is 1.39. The van der Waals surface area contributed by atoms with Crippen LogP contribution in [0.2, 0.25) is 10.0 Å². The molecule has 2 aliphatic rings. The molecule has 0 bridgehead atoms. The second-order valence-electron chi connectivity index (χ2n) is 8.66. The van der Waals surface area contributed by atoms with Crippen LogP contribution in [-0.4, -0.2) is 46.9 Å². The number of allylic oxidation sites excluding steroid dienone is 3. The number of nitrogens with one attached hydrogen (secondary N) is 1. The highest BCUT2D eigenvalue weighted by Gasteiger charge is 2.38. The zero-order chi connectivity index (χ0) is 24.1. The highest BCUT2D eigenvalue weighted by molar-refractivity contribution is 6.36. The van der Waals surface area contributed by atoms with E-state index >= 15 is 0 Å². The molecule has 1 aromatic heterocycles. The van der Waals surface area contributed by atoms with Gasteiger partial charge in [0.2, 0.25) is 5.91 Å². The first-order valence-corrected chi connectivity index (χ1v) is 12.2. The summed E-state index contributed by atoms with van der Waals surface area (Å²) in [4.78, 5) is 15.2. The average molecular weight is 504 g/mol. The van der Waals surface area contributed by atoms with Crippen LogP contribution in [0.15, 0.2) is 54.8 Å². The Kier molecular flexibility index (Phi) is 8.11. The molecule has 2 heterocycles. The van der Waals surface area contributed by atoms with Gasteiger partial charge >= 0.3 is 0 Å². The van der Waals surface area contributed by atoms with Gasteiger partial charge in [-0.2, -0.15) is 5.10 Å². The number of carbonyl (C=O) groups excluding carboxylic acids is 1. The molecule has 1 aliphatic carbocycles. The summed E-state index contributed by atoms with van der Waals surface area (Å²) in [7, 11) is 0. The average Bonchev–Trinajstić information content (AvgIpc) is 3.44. The number of hydrogen-bond acceptors (Lipinski definition) is 3. The lowest BCUT2D eigenvalue weighted by molar-refractivity contribution is -0.133. The first-order valence-electron chi connectivity index (χ1n) is 11.5. The van der Waals surface area contributed by atoms with Crippen molar-refractivity contribution in [2.75, 3.05) is 19.8 Å². The number of nitrogens with zero attached hydrogens (tertiary/aromatic N) is 2. The van der Waals surface area contributed by atoms with Crippen molar-refractivity contribution in [2.24, 2.45) is 5.92 Å². The zero-order valence-electron chi connectivity index (χ0n) is 18.9. The van der Waals surface area contributed by atoms with Crippen LogP contribution in [0.5, 0.6) is 5.75 Å². The minimum Gasteiger partial charge on any atom is -0.489 e. The molecule has 0 spiro atoms. The summed E-state index contributed by atoms with van der Waals surface area (Å²) in [5.41, 5.74) is 3.85. The molecule has 180 valence electrons. The molecular formula is C26H28Cl2FN3O2. The topological polar surface area (TPSA) is 58.2 Å². The molecule has 34 heavy (non-hydrogen) atoms. The van der Waals surface area contributed by atoms with Crippen molar-refractivity contribution in [1.29, 1.82) is 0 Å². The van der Waals surface area contributed by atoms with Crippen molar-refractivity contribution in [2.45, 2.75) is 38.1 Å². The maximum Gasteiger partial charge on any atom is 0.226 e. The SMILES string of the molecule is C=C/C=C(\C=C/CF)COc1cc(Cl)c(CC2CCN(C3CCc4n[nH]cc4C3)C2=O)c(Cl)c1. The summed E-state index contributed by atoms with van der Waals surface area (Å²) in [6.07, 6.45) is 12.3. The number of carbonyl (C=O) groups is 1. The van der Waals surface area contributed by atoms with E-state index < -0.39 is 6.67 Å². The van der Waals surface area contributed by atoms with E-state index in [1.807, 2.05) is 11.1 Å². The van der Waals surface area contributed by atoms with E-state index in [1.54, 1.807) is 30.4 Å². The molecule has 1 aliphatic heterocycles. The Morgan fingerprint density at radius 2 is 2.12 bits per heavy atom. The van der Waals surface area contributed by atoms with Gasteiger partial charge in [0, 0.05) is 34.7 Å². The van der Waals surface area contributed by atoms with Crippen LogP contribution in [0.25, 0.3) is 0 Å². The van der Waals surface area contributed by atoms with E-state index in [-0.39, 0.29) is 24.5 Å². The van der Waals surface area contributed by atoms with E-state index in [9.17, 15) is 9.18 Å². The summed E-state index contributed by atoms with van der Waals surface area (Å²) in [5, 5.41) is 8.17. The Morgan fingerprint density at radius 1 is 1.32 bits per heavy atom. The fraction of sp³-hybridized carbons (Fsp3) is 0.385. The number of alkyl halides is 1. The van der Waals surface area contributed by atoms with Gasteiger partial charge in [0.05, 0.1) is 5.69 Å². The van der Waals surface area contributed by atoms with Gasteiger partial charge < -0.3 is 9.64 Å². The maximum atomic E-state index is 13.2. The van der Waals surface area contributed by atoms with E-state index in [4.69, 9.17) is 27.9 Å². The summed E-state index contributed by atoms with van der Waals surface area (Å²) in [6.45, 7) is 4.09. The lowest BCUT2D eigenvalue weighted by atomic mass is 9.92. The van der Waals surface area contributed by atoms with Crippen molar-refractivity contribution >= 4 is 29.1 Å². The number of halogens is 3. The summed E-state index contributed by atoms with van der Waals surface area (Å²) in [5.74, 6) is 0.545. The largest absolute Gasteiger partial charge is 0.489 e. The van der Waals surface area contributed by atoms with Gasteiger partial charge in [-0.15, -0.1) is 0 Å². The predicted octanol–water partition coefficient (Wildman–Crippen LogP) is 5.68. The number of aromatic nitrogens is 2. The number of benzene rings is 1. The molecule has 1 fully saturated rings. The highest BCUT2D eigenvalue weighted by atomic mass is 35.5. The number of H-pyrrole nitrogens is 1. The summed E-state index contributed by atoms with van der Waals surface area (Å²) < 4.78 is 18.2. The van der Waals surface area contributed by atoms with Crippen LogP contribution in [0, 0.1) is 5.92 Å². The first kappa shape index (κ1) is 24.6. The normalized spacial score (nSPS) is 20.7. The Labute approximate surface area is 209 Å². The smallest absolute Gasteiger partial charge is 0.226 e. The monoisotopic (exact) mass is 503 g/mol. The number of ether oxygens (including phenoxy) is 1. The molecule has 2 unspecified atom stereocenters. The van der Waals surface area contributed by atoms with Gasteiger partial charge in [0.15, 0.2) is 0 Å². The lowest BCUT2D eigenvalue weighted by Gasteiger charge is -2.31. The lowest BCUT2D eigenvalue weighted by Crippen LogP contribution is -2.41. The molecular weight excluding hydrogens is 476 g/mol. The number of likely N-dealkylation sites (tertiary alicyclic amines) is 1. The maximum absolute atomic E-state index is 13.2. The van der Waals surface area contributed by atoms with E-state index in [2.05, 4.69) is 16.8 Å². The number of hydrogen-bond donors (Lipinski definition) is 1. The van der Waals surface area contributed by atoms with Crippen molar-refractivity contribution in [3.63, 3.8) is 0 Å². The van der Waals surface area contributed by atoms with E-state index in [0.29, 0.717) is 22.2 Å². The third-order valence-corrected chi connectivity index (χ3v) is 7.17. The number of fused-ring (bicyclic) bond motifs is 1. The van der Waals surface area contributed by atoms with Crippen molar-refractivity contribution in [3.05, 3.63) is 81.7 Å². The predicted molar refractivity (Wildman–Crippen MR) is 133 cm³/mol. The quantitative estimate of drug-likeness (QED) is 0.447. The Hall–Kier alpha value is -2.57. The second-order valence-corrected chi connectivity index (χ2v) is 9.48. The summed E-state index contributed by atoms with van der Waals surface area (Å²) in [6, 6.07) is 3.64. The van der Waals surface area contributed by atoms with Gasteiger partial charge in [0.25, 0.3) is 0 Å². The van der Waals surface area contributed by atoms with Crippen LogP contribution in [0.1, 0.15) is 29.7 Å². The van der Waals surface area contributed by atoms with Crippen molar-refractivity contribution in [3.8, 4) is 5.75 Å². The van der Waals surface area contributed by atoms with Gasteiger partial charge in [-0.1, -0.05) is 54.1 Å². The van der Waals surface area contributed by atoms with Crippen LogP contribution in [0.3, 0.4) is 0 Å². The Bertz CT molecular complexity index is 1090. The van der Waals surface area contributed by atoms with Crippen molar-refractivity contribution < 1.29 is 13.9 Å². The number of aromatic amines is 1. The first-order chi connectivity index (χ1) is 16.5.